The number of hydrogen-bond donors (Lipinski definition) is 1. The molecule has 5 nitrogen and oxygen atoms in total. The van der Waals surface area contributed by atoms with Crippen LogP contribution in [0.15, 0.2) is 48.5 Å². The maximum Gasteiger partial charge on any atom is 0.347 e. The molecule has 1 unspecified atom stereocenters. The third-order valence-electron chi connectivity index (χ3n) is 5.77. The predicted molar refractivity (Wildman–Crippen MR) is 117 cm³/mol. The predicted octanol–water partition coefficient (Wildman–Crippen LogP) is 5.07. The summed E-state index contributed by atoms with van der Waals surface area (Å²) in [4.78, 5) is 26.2. The zero-order valence-corrected chi connectivity index (χ0v) is 18.2. The minimum absolute atomic E-state index is 0.0816. The van der Waals surface area contributed by atoms with Crippen molar-refractivity contribution in [3.8, 4) is 5.75 Å². The van der Waals surface area contributed by atoms with Crippen LogP contribution in [0.4, 0.5) is 0 Å². The molecule has 1 atom stereocenters. The minimum Gasteiger partial charge on any atom is -0.478 e. The molecule has 1 heterocycles. The molecule has 0 saturated carbocycles. The van der Waals surface area contributed by atoms with Crippen LogP contribution in [0.1, 0.15) is 73.9 Å². The second-order valence-electron chi connectivity index (χ2n) is 8.85. The highest BCUT2D eigenvalue weighted by Crippen LogP contribution is 2.30. The summed E-state index contributed by atoms with van der Waals surface area (Å²) in [6, 6.07) is 15.5. The van der Waals surface area contributed by atoms with Gasteiger partial charge in [0, 0.05) is 24.6 Å². The molecule has 5 heteroatoms. The van der Waals surface area contributed by atoms with Gasteiger partial charge >= 0.3 is 5.97 Å². The van der Waals surface area contributed by atoms with Crippen LogP contribution < -0.4 is 4.74 Å². The van der Waals surface area contributed by atoms with Gasteiger partial charge < -0.3 is 14.7 Å². The summed E-state index contributed by atoms with van der Waals surface area (Å²) in [6.45, 7) is 8.81. The fourth-order valence-corrected chi connectivity index (χ4v) is 3.77. The molecule has 2 aromatic rings. The maximum atomic E-state index is 13.0. The molecule has 1 amide bonds. The lowest BCUT2D eigenvalue weighted by Crippen LogP contribution is -2.39. The van der Waals surface area contributed by atoms with E-state index in [1.165, 1.54) is 19.4 Å². The smallest absolute Gasteiger partial charge is 0.347 e. The van der Waals surface area contributed by atoms with Crippen LogP contribution >= 0.6 is 0 Å². The first-order valence-electron chi connectivity index (χ1n) is 10.6. The second-order valence-corrected chi connectivity index (χ2v) is 8.85. The van der Waals surface area contributed by atoms with Crippen LogP contribution in [0.2, 0.25) is 0 Å². The van der Waals surface area contributed by atoms with Gasteiger partial charge in [0.2, 0.25) is 0 Å². The summed E-state index contributed by atoms with van der Waals surface area (Å²) in [5.74, 6) is 0.313. The standard InChI is InChI=1S/C25H31NO4/c1-17(2)18-7-9-20(10-8-18)23(27)26-15-5-6-21(16-26)19-11-13-22(14-12-19)30-25(3,4)24(28)29/h7-14,17,21H,5-6,15-16H2,1-4H3,(H,28,29). The fourth-order valence-electron chi connectivity index (χ4n) is 3.77. The van der Waals surface area contributed by atoms with E-state index in [1.54, 1.807) is 0 Å². The fraction of sp³-hybridized carbons (Fsp3) is 0.440. The summed E-state index contributed by atoms with van der Waals surface area (Å²) >= 11 is 0. The first kappa shape index (κ1) is 21.9. The molecule has 3 rings (SSSR count). The summed E-state index contributed by atoms with van der Waals surface area (Å²) in [6.07, 6.45) is 1.99. The summed E-state index contributed by atoms with van der Waals surface area (Å²) in [7, 11) is 0. The van der Waals surface area contributed by atoms with E-state index in [1.807, 2.05) is 53.4 Å². The molecule has 1 aliphatic rings. The van der Waals surface area contributed by atoms with Gasteiger partial charge in [-0.2, -0.15) is 0 Å². The molecule has 1 aliphatic heterocycles. The van der Waals surface area contributed by atoms with Crippen LogP contribution in [-0.2, 0) is 4.79 Å². The van der Waals surface area contributed by atoms with E-state index in [0.29, 0.717) is 18.2 Å². The van der Waals surface area contributed by atoms with Gasteiger partial charge in [0.15, 0.2) is 5.60 Å². The van der Waals surface area contributed by atoms with E-state index >= 15 is 0 Å². The number of amides is 1. The molecule has 1 fully saturated rings. The zero-order valence-electron chi connectivity index (χ0n) is 18.2. The van der Waals surface area contributed by atoms with E-state index in [-0.39, 0.29) is 11.8 Å². The van der Waals surface area contributed by atoms with Gasteiger partial charge in [-0.05, 0) is 68.0 Å². The van der Waals surface area contributed by atoms with Crippen LogP contribution in [0.5, 0.6) is 5.75 Å². The van der Waals surface area contributed by atoms with Gasteiger partial charge in [0.25, 0.3) is 5.91 Å². The Kier molecular flexibility index (Phi) is 6.49. The van der Waals surface area contributed by atoms with Crippen molar-refractivity contribution in [2.24, 2.45) is 0 Å². The highest BCUT2D eigenvalue weighted by Gasteiger charge is 2.30. The number of aliphatic carboxylic acids is 1. The average Bonchev–Trinajstić information content (AvgIpc) is 2.73. The molecule has 1 saturated heterocycles. The number of piperidine rings is 1. The molecule has 2 aromatic carbocycles. The largest absolute Gasteiger partial charge is 0.478 e. The SMILES string of the molecule is CC(C)c1ccc(C(=O)N2CCCC(c3ccc(OC(C)(C)C(=O)O)cc3)C2)cc1. The Morgan fingerprint density at radius 3 is 2.27 bits per heavy atom. The summed E-state index contributed by atoms with van der Waals surface area (Å²) in [5.41, 5.74) is 1.83. The molecule has 0 aliphatic carbocycles. The van der Waals surface area contributed by atoms with Gasteiger partial charge in [-0.25, -0.2) is 4.79 Å². The van der Waals surface area contributed by atoms with E-state index < -0.39 is 11.6 Å². The number of nitrogens with zero attached hydrogens (tertiary/aromatic N) is 1. The number of carboxylic acid groups (broad SMARTS) is 1. The zero-order chi connectivity index (χ0) is 21.9. The van der Waals surface area contributed by atoms with Crippen molar-refractivity contribution in [2.75, 3.05) is 13.1 Å². The first-order chi connectivity index (χ1) is 14.2. The second kappa shape index (κ2) is 8.90. The van der Waals surface area contributed by atoms with Crippen LogP contribution in [0, 0.1) is 0 Å². The quantitative estimate of drug-likeness (QED) is 0.723. The van der Waals surface area contributed by atoms with E-state index in [4.69, 9.17) is 4.74 Å². The lowest BCUT2D eigenvalue weighted by atomic mass is 9.90. The Morgan fingerprint density at radius 1 is 1.07 bits per heavy atom. The van der Waals surface area contributed by atoms with E-state index in [2.05, 4.69) is 13.8 Å². The van der Waals surface area contributed by atoms with Crippen molar-refractivity contribution < 1.29 is 19.4 Å². The summed E-state index contributed by atoms with van der Waals surface area (Å²) < 4.78 is 5.59. The van der Waals surface area contributed by atoms with E-state index in [0.717, 1.165) is 30.5 Å². The van der Waals surface area contributed by atoms with Crippen molar-refractivity contribution >= 4 is 11.9 Å². The molecular formula is C25H31NO4. The average molecular weight is 410 g/mol. The van der Waals surface area contributed by atoms with Crippen LogP contribution in [0.3, 0.4) is 0 Å². The van der Waals surface area contributed by atoms with Gasteiger partial charge in [-0.1, -0.05) is 38.1 Å². The molecule has 0 radical (unpaired) electrons. The maximum absolute atomic E-state index is 13.0. The number of benzene rings is 2. The lowest BCUT2D eigenvalue weighted by Gasteiger charge is -2.33. The third-order valence-corrected chi connectivity index (χ3v) is 5.77. The molecule has 0 bridgehead atoms. The molecular weight excluding hydrogens is 378 g/mol. The molecule has 30 heavy (non-hydrogen) atoms. The normalized spacial score (nSPS) is 17.1. The molecule has 0 aromatic heterocycles. The monoisotopic (exact) mass is 409 g/mol. The Balaban J connectivity index is 1.67. The Bertz CT molecular complexity index is 884. The lowest BCUT2D eigenvalue weighted by molar-refractivity contribution is -0.152. The number of rotatable bonds is 6. The molecule has 0 spiro atoms. The first-order valence-corrected chi connectivity index (χ1v) is 10.6. The van der Waals surface area contributed by atoms with Crippen molar-refractivity contribution in [1.29, 1.82) is 0 Å². The number of likely N-dealkylation sites (tertiary alicyclic amines) is 1. The van der Waals surface area contributed by atoms with Crippen molar-refractivity contribution in [3.63, 3.8) is 0 Å². The molecule has 160 valence electrons. The van der Waals surface area contributed by atoms with Crippen LogP contribution in [0.25, 0.3) is 0 Å². The minimum atomic E-state index is -1.28. The number of ether oxygens (including phenoxy) is 1. The number of carboxylic acids is 1. The van der Waals surface area contributed by atoms with Crippen molar-refractivity contribution in [2.45, 2.75) is 58.0 Å². The van der Waals surface area contributed by atoms with Crippen molar-refractivity contribution in [1.82, 2.24) is 4.90 Å². The number of hydrogen-bond acceptors (Lipinski definition) is 3. The van der Waals surface area contributed by atoms with Crippen molar-refractivity contribution in [3.05, 3.63) is 65.2 Å². The number of carbonyl (C=O) groups is 2. The summed E-state index contributed by atoms with van der Waals surface area (Å²) in [5, 5.41) is 9.22. The van der Waals surface area contributed by atoms with Crippen LogP contribution in [-0.4, -0.2) is 40.6 Å². The molecule has 1 N–H and O–H groups in total. The Morgan fingerprint density at radius 2 is 1.70 bits per heavy atom. The Labute approximate surface area is 178 Å². The van der Waals surface area contributed by atoms with Gasteiger partial charge in [-0.15, -0.1) is 0 Å². The number of carbonyl (C=O) groups excluding carboxylic acids is 1. The highest BCUT2D eigenvalue weighted by atomic mass is 16.5. The Hall–Kier alpha value is -2.82. The highest BCUT2D eigenvalue weighted by molar-refractivity contribution is 5.94. The third kappa shape index (κ3) is 5.02. The van der Waals surface area contributed by atoms with E-state index in [9.17, 15) is 14.7 Å². The van der Waals surface area contributed by atoms with Gasteiger partial charge in [-0.3, -0.25) is 4.79 Å². The topological polar surface area (TPSA) is 66.8 Å². The van der Waals surface area contributed by atoms with Gasteiger partial charge in [0.05, 0.1) is 0 Å². The van der Waals surface area contributed by atoms with Gasteiger partial charge in [0.1, 0.15) is 5.75 Å².